The number of hydrogen-bond acceptors (Lipinski definition) is 7. The van der Waals surface area contributed by atoms with Gasteiger partial charge < -0.3 is 10.1 Å². The normalized spacial score (nSPS) is 17.0. The standard InChI is InChI=1S/C35H44N6O4S/c1-6-19-40-23-29(38-39-40)16-17-31(35(4,5)34(42)37-28-11-10-18-36-21-28)26-15-14-25(3)27(20-26)22-41-24-30(7-2)45-32-12-8-9-13-33(32)46(41,43)44/h8-15,18,20-21,23,30-31H,6-7,16-17,19,22,24H2,1-5H3,(H,37,42)/t30-,31?/m1/s1. The summed E-state index contributed by atoms with van der Waals surface area (Å²) in [5.74, 6) is 0.0459. The molecule has 0 fully saturated rings. The summed E-state index contributed by atoms with van der Waals surface area (Å²) in [5.41, 5.74) is 3.49. The second-order valence-corrected chi connectivity index (χ2v) is 14.5. The van der Waals surface area contributed by atoms with Crippen LogP contribution in [-0.2, 0) is 34.3 Å². The molecule has 1 aliphatic rings. The number of carbonyl (C=O) groups excluding carboxylic acids is 1. The lowest BCUT2D eigenvalue weighted by Gasteiger charge is -2.34. The van der Waals surface area contributed by atoms with Gasteiger partial charge in [0, 0.05) is 25.5 Å². The van der Waals surface area contributed by atoms with Crippen LogP contribution < -0.4 is 10.1 Å². The number of hydrogen-bond donors (Lipinski definition) is 1. The third-order valence-corrected chi connectivity index (χ3v) is 10.7. The molecule has 0 saturated carbocycles. The van der Waals surface area contributed by atoms with Crippen LogP contribution in [0.5, 0.6) is 5.75 Å². The first kappa shape index (κ1) is 33.3. The molecule has 2 aromatic carbocycles. The second kappa shape index (κ2) is 14.1. The summed E-state index contributed by atoms with van der Waals surface area (Å²) in [5, 5.41) is 11.7. The Labute approximate surface area is 272 Å². The number of aromatic nitrogens is 4. The van der Waals surface area contributed by atoms with E-state index in [0.29, 0.717) is 30.7 Å². The van der Waals surface area contributed by atoms with E-state index in [0.717, 1.165) is 35.3 Å². The van der Waals surface area contributed by atoms with E-state index in [9.17, 15) is 13.2 Å². The van der Waals surface area contributed by atoms with Crippen LogP contribution in [0.15, 0.2) is 78.1 Å². The van der Waals surface area contributed by atoms with Gasteiger partial charge in [-0.1, -0.05) is 63.2 Å². The number of para-hydroxylation sites is 1. The minimum Gasteiger partial charge on any atom is -0.488 e. The maximum Gasteiger partial charge on any atom is 0.247 e. The van der Waals surface area contributed by atoms with Crippen molar-refractivity contribution in [3.8, 4) is 5.75 Å². The van der Waals surface area contributed by atoms with Gasteiger partial charge in [0.1, 0.15) is 16.7 Å². The van der Waals surface area contributed by atoms with Crippen molar-refractivity contribution >= 4 is 21.6 Å². The van der Waals surface area contributed by atoms with Crippen LogP contribution in [0.1, 0.15) is 75.3 Å². The summed E-state index contributed by atoms with van der Waals surface area (Å²) in [6.45, 7) is 11.2. The van der Waals surface area contributed by atoms with Crippen LogP contribution in [0, 0.1) is 12.3 Å². The van der Waals surface area contributed by atoms with E-state index >= 15 is 0 Å². The lowest BCUT2D eigenvalue weighted by atomic mass is 9.71. The zero-order valence-electron chi connectivity index (χ0n) is 27.3. The highest BCUT2D eigenvalue weighted by Gasteiger charge is 2.39. The van der Waals surface area contributed by atoms with Crippen LogP contribution >= 0.6 is 0 Å². The van der Waals surface area contributed by atoms with Crippen molar-refractivity contribution in [2.45, 2.75) is 90.3 Å². The second-order valence-electron chi connectivity index (χ2n) is 12.6. The molecule has 0 bridgehead atoms. The molecule has 0 radical (unpaired) electrons. The first-order valence-electron chi connectivity index (χ1n) is 16.0. The fourth-order valence-electron chi connectivity index (χ4n) is 5.99. The molecule has 0 saturated heterocycles. The Morgan fingerprint density at radius 2 is 1.93 bits per heavy atom. The molecule has 11 heteroatoms. The zero-order valence-corrected chi connectivity index (χ0v) is 28.1. The predicted octanol–water partition coefficient (Wildman–Crippen LogP) is 6.13. The Bertz CT molecular complexity index is 1760. The smallest absolute Gasteiger partial charge is 0.247 e. The largest absolute Gasteiger partial charge is 0.488 e. The van der Waals surface area contributed by atoms with Crippen molar-refractivity contribution in [1.82, 2.24) is 24.3 Å². The van der Waals surface area contributed by atoms with Crippen molar-refractivity contribution < 1.29 is 17.9 Å². The number of sulfonamides is 1. The van der Waals surface area contributed by atoms with Crippen molar-refractivity contribution in [3.63, 3.8) is 0 Å². The Hall–Kier alpha value is -4.09. The fraction of sp³-hybridized carbons (Fsp3) is 0.429. The Balaban J connectivity index is 1.48. The van der Waals surface area contributed by atoms with Gasteiger partial charge >= 0.3 is 0 Å². The molecule has 2 aromatic heterocycles. The minimum absolute atomic E-state index is 0.128. The molecule has 5 rings (SSSR count). The molecule has 1 N–H and O–H groups in total. The van der Waals surface area contributed by atoms with Gasteiger partial charge in [0.25, 0.3) is 0 Å². The summed E-state index contributed by atoms with van der Waals surface area (Å²) >= 11 is 0. The van der Waals surface area contributed by atoms with E-state index < -0.39 is 15.4 Å². The number of carbonyl (C=O) groups is 1. The molecule has 3 heterocycles. The number of anilines is 1. The molecule has 46 heavy (non-hydrogen) atoms. The van der Waals surface area contributed by atoms with E-state index in [-0.39, 0.29) is 35.9 Å². The van der Waals surface area contributed by atoms with E-state index in [2.05, 4.69) is 39.7 Å². The van der Waals surface area contributed by atoms with Gasteiger partial charge in [-0.05, 0) is 79.5 Å². The summed E-state index contributed by atoms with van der Waals surface area (Å²) in [6, 6.07) is 16.6. The molecule has 1 amide bonds. The molecule has 0 aliphatic carbocycles. The van der Waals surface area contributed by atoms with Gasteiger partial charge in [0.05, 0.1) is 29.5 Å². The number of amides is 1. The number of nitrogens with zero attached hydrogens (tertiary/aromatic N) is 5. The summed E-state index contributed by atoms with van der Waals surface area (Å²) < 4.78 is 37.4. The van der Waals surface area contributed by atoms with Gasteiger partial charge in [0.15, 0.2) is 0 Å². The molecule has 2 atom stereocenters. The zero-order chi connectivity index (χ0) is 32.9. The number of nitrogens with one attached hydrogen (secondary N) is 1. The van der Waals surface area contributed by atoms with Gasteiger partial charge in [0.2, 0.25) is 15.9 Å². The van der Waals surface area contributed by atoms with Crippen molar-refractivity contribution in [2.75, 3.05) is 11.9 Å². The predicted molar refractivity (Wildman–Crippen MR) is 178 cm³/mol. The lowest BCUT2D eigenvalue weighted by Crippen LogP contribution is -2.37. The highest BCUT2D eigenvalue weighted by atomic mass is 32.2. The first-order valence-corrected chi connectivity index (χ1v) is 17.4. The molecule has 4 aromatic rings. The average molecular weight is 645 g/mol. The third-order valence-electron chi connectivity index (χ3n) is 8.85. The topological polar surface area (TPSA) is 119 Å². The Morgan fingerprint density at radius 3 is 2.67 bits per heavy atom. The van der Waals surface area contributed by atoms with Crippen LogP contribution in [0.3, 0.4) is 0 Å². The van der Waals surface area contributed by atoms with Crippen LogP contribution in [-0.4, -0.2) is 51.3 Å². The van der Waals surface area contributed by atoms with Crippen LogP contribution in [0.2, 0.25) is 0 Å². The quantitative estimate of drug-likeness (QED) is 0.197. The van der Waals surface area contributed by atoms with Gasteiger partial charge in [-0.15, -0.1) is 5.10 Å². The number of aryl methyl sites for hydroxylation is 3. The Kier molecular flexibility index (Phi) is 10.2. The average Bonchev–Trinajstić information content (AvgIpc) is 3.45. The van der Waals surface area contributed by atoms with Gasteiger partial charge in [-0.3, -0.25) is 14.5 Å². The molecule has 1 aliphatic heterocycles. The molecule has 0 spiro atoms. The van der Waals surface area contributed by atoms with Crippen LogP contribution in [0.4, 0.5) is 5.69 Å². The van der Waals surface area contributed by atoms with Crippen molar-refractivity contribution in [3.05, 3.63) is 95.6 Å². The molecule has 10 nitrogen and oxygen atoms in total. The van der Waals surface area contributed by atoms with Crippen LogP contribution in [0.25, 0.3) is 0 Å². The number of ether oxygens (including phenoxy) is 1. The van der Waals surface area contributed by atoms with Crippen molar-refractivity contribution in [2.24, 2.45) is 5.41 Å². The van der Waals surface area contributed by atoms with Gasteiger partial charge in [-0.2, -0.15) is 4.31 Å². The summed E-state index contributed by atoms with van der Waals surface area (Å²) in [6.07, 6.45) is 7.90. The maximum absolute atomic E-state index is 13.9. The SMILES string of the molecule is CCCn1cc(CCC(c2ccc(C)c(CN3C[C@@H](CC)Oc4ccccc4S3(=O)=O)c2)C(C)(C)C(=O)Nc2cccnc2)nn1. The van der Waals surface area contributed by atoms with E-state index in [1.807, 2.05) is 50.7 Å². The minimum atomic E-state index is -3.81. The van der Waals surface area contributed by atoms with Gasteiger partial charge in [-0.25, -0.2) is 8.42 Å². The van der Waals surface area contributed by atoms with E-state index in [4.69, 9.17) is 4.74 Å². The monoisotopic (exact) mass is 644 g/mol. The number of fused-ring (bicyclic) bond motifs is 1. The van der Waals surface area contributed by atoms with E-state index in [1.54, 1.807) is 42.7 Å². The fourth-order valence-corrected chi connectivity index (χ4v) is 7.56. The number of pyridine rings is 1. The highest BCUT2D eigenvalue weighted by Crippen LogP contribution is 2.41. The third kappa shape index (κ3) is 7.31. The first-order chi connectivity index (χ1) is 22.0. The highest BCUT2D eigenvalue weighted by molar-refractivity contribution is 7.89. The number of benzene rings is 2. The maximum atomic E-state index is 13.9. The Morgan fingerprint density at radius 1 is 1.13 bits per heavy atom. The lowest BCUT2D eigenvalue weighted by molar-refractivity contribution is -0.125. The van der Waals surface area contributed by atoms with Crippen molar-refractivity contribution in [1.29, 1.82) is 0 Å². The summed E-state index contributed by atoms with van der Waals surface area (Å²) in [7, 11) is -3.81. The van der Waals surface area contributed by atoms with E-state index in [1.165, 1.54) is 4.31 Å². The molecule has 244 valence electrons. The number of rotatable bonds is 12. The molecular formula is C35H44N6O4S. The summed E-state index contributed by atoms with van der Waals surface area (Å²) in [4.78, 5) is 18.2. The molecule has 1 unspecified atom stereocenters. The molecular weight excluding hydrogens is 600 g/mol.